The maximum absolute atomic E-state index is 13.3. The summed E-state index contributed by atoms with van der Waals surface area (Å²) in [5, 5.41) is 0. The van der Waals surface area contributed by atoms with Crippen LogP contribution in [0.3, 0.4) is 0 Å². The zero-order valence-corrected chi connectivity index (χ0v) is 20.7. The molecule has 9 heteroatoms. The highest BCUT2D eigenvalue weighted by molar-refractivity contribution is 6.22. The Morgan fingerprint density at radius 2 is 1.45 bits per heavy atom. The van der Waals surface area contributed by atoms with Gasteiger partial charge in [-0.2, -0.15) is 0 Å². The summed E-state index contributed by atoms with van der Waals surface area (Å²) in [4.78, 5) is 44.2. The molecule has 0 radical (unpaired) electrons. The van der Waals surface area contributed by atoms with E-state index < -0.39 is 12.1 Å². The molecule has 0 N–H and O–H groups in total. The number of piperazine rings is 1. The Kier molecular flexibility index (Phi) is 6.43. The van der Waals surface area contributed by atoms with Gasteiger partial charge in [0.15, 0.2) is 11.5 Å². The molecule has 0 aromatic heterocycles. The predicted molar refractivity (Wildman–Crippen MR) is 138 cm³/mol. The lowest BCUT2D eigenvalue weighted by atomic mass is 10.1. The SMILES string of the molecule is O=C([C@H]1COc2ccccc2O1)N1CCN([C@@H]2CC(=O)N(c3ccc(Oc4ccccc4)cc3)C2=O)CC1. The van der Waals surface area contributed by atoms with E-state index in [4.69, 9.17) is 14.2 Å². The molecule has 9 nitrogen and oxygen atoms in total. The summed E-state index contributed by atoms with van der Waals surface area (Å²) in [5.74, 6) is 1.91. The van der Waals surface area contributed by atoms with E-state index in [9.17, 15) is 14.4 Å². The molecular formula is C29H27N3O6. The van der Waals surface area contributed by atoms with Crippen LogP contribution in [0.1, 0.15) is 6.42 Å². The molecule has 2 saturated heterocycles. The van der Waals surface area contributed by atoms with Crippen LogP contribution in [-0.2, 0) is 14.4 Å². The number of benzene rings is 3. The van der Waals surface area contributed by atoms with Crippen molar-refractivity contribution in [2.24, 2.45) is 0 Å². The van der Waals surface area contributed by atoms with Gasteiger partial charge in [0.05, 0.1) is 18.2 Å². The van der Waals surface area contributed by atoms with Crippen molar-refractivity contribution in [3.63, 3.8) is 0 Å². The van der Waals surface area contributed by atoms with Crippen molar-refractivity contribution in [3.05, 3.63) is 78.9 Å². The molecule has 3 aliphatic rings. The number of nitrogens with zero attached hydrogens (tertiary/aromatic N) is 3. The number of hydrogen-bond acceptors (Lipinski definition) is 7. The molecule has 3 heterocycles. The van der Waals surface area contributed by atoms with Gasteiger partial charge in [0.1, 0.15) is 18.1 Å². The molecule has 2 fully saturated rings. The number of fused-ring (bicyclic) bond motifs is 1. The van der Waals surface area contributed by atoms with Crippen molar-refractivity contribution in [1.29, 1.82) is 0 Å². The topological polar surface area (TPSA) is 88.6 Å². The summed E-state index contributed by atoms with van der Waals surface area (Å²) in [6.07, 6.45) is -0.582. The van der Waals surface area contributed by atoms with Gasteiger partial charge in [0.25, 0.3) is 11.8 Å². The van der Waals surface area contributed by atoms with Crippen LogP contribution < -0.4 is 19.1 Å². The Balaban J connectivity index is 1.05. The second-order valence-corrected chi connectivity index (χ2v) is 9.42. The summed E-state index contributed by atoms with van der Waals surface area (Å²) < 4.78 is 17.4. The number of imide groups is 1. The number of amides is 3. The van der Waals surface area contributed by atoms with Crippen molar-refractivity contribution in [3.8, 4) is 23.0 Å². The lowest BCUT2D eigenvalue weighted by molar-refractivity contribution is -0.143. The maximum Gasteiger partial charge on any atom is 0.267 e. The van der Waals surface area contributed by atoms with Crippen LogP contribution in [0.25, 0.3) is 0 Å². The molecule has 3 amide bonds. The zero-order chi connectivity index (χ0) is 26.1. The van der Waals surface area contributed by atoms with Crippen molar-refractivity contribution < 1.29 is 28.6 Å². The third-order valence-corrected chi connectivity index (χ3v) is 7.05. The van der Waals surface area contributed by atoms with Gasteiger partial charge in [0, 0.05) is 26.2 Å². The van der Waals surface area contributed by atoms with Crippen molar-refractivity contribution in [2.75, 3.05) is 37.7 Å². The molecule has 0 bridgehead atoms. The first kappa shape index (κ1) is 24.0. The van der Waals surface area contributed by atoms with Gasteiger partial charge >= 0.3 is 0 Å². The minimum Gasteiger partial charge on any atom is -0.485 e. The van der Waals surface area contributed by atoms with Gasteiger partial charge in [-0.05, 0) is 48.5 Å². The molecule has 0 saturated carbocycles. The summed E-state index contributed by atoms with van der Waals surface area (Å²) in [5.41, 5.74) is 0.520. The molecule has 3 aliphatic heterocycles. The minimum atomic E-state index is -0.699. The standard InChI is InChI=1S/C29H27N3O6/c33-27-18-23(28(34)32(27)20-10-12-22(13-11-20)37-21-6-2-1-3-7-21)30-14-16-31(17-15-30)29(35)26-19-36-24-8-4-5-9-25(24)38-26/h1-13,23,26H,14-19H2/t23-,26-/m1/s1. The Labute approximate surface area is 220 Å². The number of para-hydroxylation sites is 3. The van der Waals surface area contributed by atoms with Crippen molar-refractivity contribution in [1.82, 2.24) is 9.80 Å². The third kappa shape index (κ3) is 4.68. The Hall–Kier alpha value is -4.37. The summed E-state index contributed by atoms with van der Waals surface area (Å²) in [6, 6.07) is 23.1. The fourth-order valence-electron chi connectivity index (χ4n) is 5.06. The van der Waals surface area contributed by atoms with Gasteiger partial charge in [-0.15, -0.1) is 0 Å². The highest BCUT2D eigenvalue weighted by Gasteiger charge is 2.44. The van der Waals surface area contributed by atoms with E-state index >= 15 is 0 Å². The molecule has 3 aromatic rings. The molecule has 6 rings (SSSR count). The first-order valence-electron chi connectivity index (χ1n) is 12.7. The summed E-state index contributed by atoms with van der Waals surface area (Å²) >= 11 is 0. The number of ether oxygens (including phenoxy) is 3. The van der Waals surface area contributed by atoms with E-state index in [0.29, 0.717) is 54.9 Å². The Bertz CT molecular complexity index is 1340. The molecule has 194 valence electrons. The fourth-order valence-corrected chi connectivity index (χ4v) is 5.06. The average Bonchev–Trinajstić information content (AvgIpc) is 3.27. The van der Waals surface area contributed by atoms with Gasteiger partial charge in [0.2, 0.25) is 12.0 Å². The lowest BCUT2D eigenvalue weighted by Gasteiger charge is -2.38. The number of anilines is 1. The van der Waals surface area contributed by atoms with Crippen LogP contribution in [0.5, 0.6) is 23.0 Å². The number of hydrogen-bond donors (Lipinski definition) is 0. The van der Waals surface area contributed by atoms with E-state index in [2.05, 4.69) is 0 Å². The monoisotopic (exact) mass is 513 g/mol. The Morgan fingerprint density at radius 1 is 0.789 bits per heavy atom. The highest BCUT2D eigenvalue weighted by atomic mass is 16.6. The van der Waals surface area contributed by atoms with Gasteiger partial charge in [-0.3, -0.25) is 19.3 Å². The second-order valence-electron chi connectivity index (χ2n) is 9.42. The fraction of sp³-hybridized carbons (Fsp3) is 0.276. The van der Waals surface area contributed by atoms with E-state index in [1.54, 1.807) is 35.2 Å². The first-order chi connectivity index (χ1) is 18.6. The van der Waals surface area contributed by atoms with Crippen LogP contribution >= 0.6 is 0 Å². The van der Waals surface area contributed by atoms with E-state index in [0.717, 1.165) is 0 Å². The van der Waals surface area contributed by atoms with Crippen molar-refractivity contribution in [2.45, 2.75) is 18.6 Å². The van der Waals surface area contributed by atoms with E-state index in [1.165, 1.54) is 4.90 Å². The first-order valence-corrected chi connectivity index (χ1v) is 12.7. The minimum absolute atomic E-state index is 0.116. The largest absolute Gasteiger partial charge is 0.485 e. The normalized spacial score (nSPS) is 21.5. The lowest BCUT2D eigenvalue weighted by Crippen LogP contribution is -2.57. The molecule has 0 aliphatic carbocycles. The van der Waals surface area contributed by atoms with Crippen LogP contribution in [0.4, 0.5) is 5.69 Å². The van der Waals surface area contributed by atoms with Crippen LogP contribution in [0.15, 0.2) is 78.9 Å². The molecule has 3 aromatic carbocycles. The van der Waals surface area contributed by atoms with E-state index in [-0.39, 0.29) is 30.7 Å². The van der Waals surface area contributed by atoms with Crippen LogP contribution in [-0.4, -0.2) is 72.5 Å². The number of carbonyl (C=O) groups is 3. The summed E-state index contributed by atoms with van der Waals surface area (Å²) in [7, 11) is 0. The third-order valence-electron chi connectivity index (χ3n) is 7.05. The predicted octanol–water partition coefficient (Wildman–Crippen LogP) is 3.10. The number of carbonyl (C=O) groups excluding carboxylic acids is 3. The van der Waals surface area contributed by atoms with E-state index in [1.807, 2.05) is 53.4 Å². The average molecular weight is 514 g/mol. The molecule has 2 atom stereocenters. The Morgan fingerprint density at radius 3 is 2.18 bits per heavy atom. The zero-order valence-electron chi connectivity index (χ0n) is 20.7. The second kappa shape index (κ2) is 10.2. The van der Waals surface area contributed by atoms with Crippen LogP contribution in [0.2, 0.25) is 0 Å². The summed E-state index contributed by atoms with van der Waals surface area (Å²) in [6.45, 7) is 2.05. The smallest absolute Gasteiger partial charge is 0.267 e. The van der Waals surface area contributed by atoms with Gasteiger partial charge < -0.3 is 19.1 Å². The molecule has 0 spiro atoms. The van der Waals surface area contributed by atoms with Crippen LogP contribution in [0, 0.1) is 0 Å². The highest BCUT2D eigenvalue weighted by Crippen LogP contribution is 2.32. The van der Waals surface area contributed by atoms with Gasteiger partial charge in [-0.1, -0.05) is 30.3 Å². The molecule has 0 unspecified atom stereocenters. The number of rotatable bonds is 5. The maximum atomic E-state index is 13.3. The van der Waals surface area contributed by atoms with Gasteiger partial charge in [-0.25, -0.2) is 4.90 Å². The molecule has 38 heavy (non-hydrogen) atoms. The quantitative estimate of drug-likeness (QED) is 0.485. The van der Waals surface area contributed by atoms with Crippen molar-refractivity contribution >= 4 is 23.4 Å². The molecular weight excluding hydrogens is 486 g/mol.